The second kappa shape index (κ2) is 5.71. The molecule has 2 rings (SSSR count). The highest BCUT2D eigenvalue weighted by Crippen LogP contribution is 2.24. The SMILES string of the molecule is NNc1ccc(C(=O)Nc2cncnc2)cc1[N+](=O)[O-]. The minimum atomic E-state index is -0.627. The number of hydrogen-bond donors (Lipinski definition) is 3. The van der Waals surface area contributed by atoms with Crippen LogP contribution in [0.2, 0.25) is 0 Å². The maximum Gasteiger partial charge on any atom is 0.294 e. The van der Waals surface area contributed by atoms with Crippen molar-refractivity contribution in [3.8, 4) is 0 Å². The second-order valence-corrected chi connectivity index (χ2v) is 3.71. The number of rotatable bonds is 4. The number of aromatic nitrogens is 2. The van der Waals surface area contributed by atoms with Gasteiger partial charge in [-0.15, -0.1) is 0 Å². The fourth-order valence-electron chi connectivity index (χ4n) is 1.51. The maximum absolute atomic E-state index is 11.9. The molecule has 0 bridgehead atoms. The molecule has 0 spiro atoms. The van der Waals surface area contributed by atoms with E-state index in [9.17, 15) is 14.9 Å². The molecular formula is C11H10N6O3. The van der Waals surface area contributed by atoms with Crippen molar-refractivity contribution in [3.05, 3.63) is 52.6 Å². The molecule has 0 aliphatic carbocycles. The molecule has 0 saturated heterocycles. The third-order valence-corrected chi connectivity index (χ3v) is 2.43. The van der Waals surface area contributed by atoms with Crippen molar-refractivity contribution in [1.29, 1.82) is 0 Å². The lowest BCUT2D eigenvalue weighted by molar-refractivity contribution is -0.384. The molecule has 9 nitrogen and oxygen atoms in total. The monoisotopic (exact) mass is 274 g/mol. The first-order valence-corrected chi connectivity index (χ1v) is 5.43. The van der Waals surface area contributed by atoms with E-state index in [4.69, 9.17) is 5.84 Å². The highest BCUT2D eigenvalue weighted by molar-refractivity contribution is 6.04. The molecule has 0 aliphatic rings. The van der Waals surface area contributed by atoms with Gasteiger partial charge in [-0.2, -0.15) is 0 Å². The lowest BCUT2D eigenvalue weighted by Crippen LogP contribution is -2.14. The molecule has 0 unspecified atom stereocenters. The van der Waals surface area contributed by atoms with Gasteiger partial charge in [0.1, 0.15) is 12.0 Å². The van der Waals surface area contributed by atoms with Gasteiger partial charge >= 0.3 is 0 Å². The Morgan fingerprint density at radius 3 is 2.60 bits per heavy atom. The zero-order valence-electron chi connectivity index (χ0n) is 10.1. The van der Waals surface area contributed by atoms with Crippen LogP contribution in [0.1, 0.15) is 10.4 Å². The van der Waals surface area contributed by atoms with Crippen LogP contribution in [0.5, 0.6) is 0 Å². The molecule has 1 amide bonds. The Hall–Kier alpha value is -3.07. The number of amides is 1. The van der Waals surface area contributed by atoms with Gasteiger partial charge in [0.25, 0.3) is 11.6 Å². The molecule has 1 heterocycles. The minimum Gasteiger partial charge on any atom is -0.319 e. The molecule has 0 atom stereocenters. The zero-order valence-corrected chi connectivity index (χ0v) is 10.1. The highest BCUT2D eigenvalue weighted by Gasteiger charge is 2.17. The number of hydrazine groups is 1. The van der Waals surface area contributed by atoms with Crippen LogP contribution in [0.4, 0.5) is 17.1 Å². The number of anilines is 2. The summed E-state index contributed by atoms with van der Waals surface area (Å²) in [6, 6.07) is 3.91. The number of nitro groups is 1. The third-order valence-electron chi connectivity index (χ3n) is 2.43. The molecule has 9 heteroatoms. The van der Waals surface area contributed by atoms with Crippen LogP contribution in [-0.4, -0.2) is 20.8 Å². The van der Waals surface area contributed by atoms with E-state index in [-0.39, 0.29) is 16.9 Å². The largest absolute Gasteiger partial charge is 0.319 e. The Morgan fingerprint density at radius 1 is 1.30 bits per heavy atom. The van der Waals surface area contributed by atoms with Gasteiger partial charge < -0.3 is 10.7 Å². The lowest BCUT2D eigenvalue weighted by Gasteiger charge is -2.06. The molecule has 2 aromatic rings. The van der Waals surface area contributed by atoms with E-state index < -0.39 is 10.8 Å². The summed E-state index contributed by atoms with van der Waals surface area (Å²) in [5.41, 5.74) is 2.55. The summed E-state index contributed by atoms with van der Waals surface area (Å²) in [7, 11) is 0. The van der Waals surface area contributed by atoms with E-state index in [1.54, 1.807) is 0 Å². The molecule has 0 radical (unpaired) electrons. The first-order chi connectivity index (χ1) is 9.61. The average Bonchev–Trinajstić information content (AvgIpc) is 2.47. The first kappa shape index (κ1) is 13.4. The van der Waals surface area contributed by atoms with Crippen LogP contribution < -0.4 is 16.6 Å². The van der Waals surface area contributed by atoms with Gasteiger partial charge in [0.15, 0.2) is 0 Å². The predicted octanol–water partition coefficient (Wildman–Crippen LogP) is 0.923. The molecule has 0 aliphatic heterocycles. The van der Waals surface area contributed by atoms with Crippen molar-refractivity contribution in [2.45, 2.75) is 0 Å². The topological polar surface area (TPSA) is 136 Å². The number of nitrogens with zero attached hydrogens (tertiary/aromatic N) is 3. The van der Waals surface area contributed by atoms with Crippen molar-refractivity contribution in [2.75, 3.05) is 10.7 Å². The van der Waals surface area contributed by atoms with E-state index in [1.807, 2.05) is 0 Å². The van der Waals surface area contributed by atoms with E-state index >= 15 is 0 Å². The number of nitrogen functional groups attached to an aromatic ring is 1. The number of nitrogens with two attached hydrogens (primary N) is 1. The second-order valence-electron chi connectivity index (χ2n) is 3.71. The first-order valence-electron chi connectivity index (χ1n) is 5.43. The van der Waals surface area contributed by atoms with Crippen molar-refractivity contribution in [2.24, 2.45) is 5.84 Å². The number of nitrogens with one attached hydrogen (secondary N) is 2. The normalized spacial score (nSPS) is 9.85. The summed E-state index contributed by atoms with van der Waals surface area (Å²) in [6.45, 7) is 0. The molecular weight excluding hydrogens is 264 g/mol. The van der Waals surface area contributed by atoms with Crippen LogP contribution >= 0.6 is 0 Å². The van der Waals surface area contributed by atoms with Crippen LogP contribution in [-0.2, 0) is 0 Å². The number of nitro benzene ring substituents is 1. The quantitative estimate of drug-likeness (QED) is 0.428. The fourth-order valence-corrected chi connectivity index (χ4v) is 1.51. The van der Waals surface area contributed by atoms with E-state index in [1.165, 1.54) is 30.9 Å². The summed E-state index contributed by atoms with van der Waals surface area (Å²) in [4.78, 5) is 29.7. The highest BCUT2D eigenvalue weighted by atomic mass is 16.6. The average molecular weight is 274 g/mol. The van der Waals surface area contributed by atoms with Gasteiger partial charge in [-0.3, -0.25) is 20.8 Å². The van der Waals surface area contributed by atoms with Gasteiger partial charge in [-0.1, -0.05) is 0 Å². The summed E-state index contributed by atoms with van der Waals surface area (Å²) < 4.78 is 0. The zero-order chi connectivity index (χ0) is 14.5. The summed E-state index contributed by atoms with van der Waals surface area (Å²) in [5, 5.41) is 13.4. The number of carbonyl (C=O) groups is 1. The molecule has 102 valence electrons. The van der Waals surface area contributed by atoms with Crippen LogP contribution in [0.15, 0.2) is 36.9 Å². The van der Waals surface area contributed by atoms with Gasteiger partial charge in [-0.25, -0.2) is 9.97 Å². The number of carbonyl (C=O) groups excluding carboxylic acids is 1. The predicted molar refractivity (Wildman–Crippen MR) is 70.9 cm³/mol. The molecule has 4 N–H and O–H groups in total. The standard InChI is InChI=1S/C11H10N6O3/c12-16-9-2-1-7(3-10(9)17(19)20)11(18)15-8-4-13-6-14-5-8/h1-6,16H,12H2,(H,15,18). The Morgan fingerprint density at radius 2 is 2.00 bits per heavy atom. The van der Waals surface area contributed by atoms with Crippen molar-refractivity contribution < 1.29 is 9.72 Å². The summed E-state index contributed by atoms with van der Waals surface area (Å²) in [5.74, 6) is 4.66. The summed E-state index contributed by atoms with van der Waals surface area (Å²) >= 11 is 0. The van der Waals surface area contributed by atoms with Gasteiger partial charge in [0.2, 0.25) is 0 Å². The van der Waals surface area contributed by atoms with Gasteiger partial charge in [0, 0.05) is 11.6 Å². The maximum atomic E-state index is 11.9. The molecule has 1 aromatic heterocycles. The smallest absolute Gasteiger partial charge is 0.294 e. The molecule has 20 heavy (non-hydrogen) atoms. The molecule has 1 aromatic carbocycles. The van der Waals surface area contributed by atoms with E-state index in [0.29, 0.717) is 5.69 Å². The number of benzene rings is 1. The fraction of sp³-hybridized carbons (Fsp3) is 0. The number of hydrogen-bond acceptors (Lipinski definition) is 7. The minimum absolute atomic E-state index is 0.120. The lowest BCUT2D eigenvalue weighted by atomic mass is 10.1. The van der Waals surface area contributed by atoms with E-state index in [0.717, 1.165) is 6.07 Å². The summed E-state index contributed by atoms with van der Waals surface area (Å²) in [6.07, 6.45) is 4.15. The van der Waals surface area contributed by atoms with Crippen LogP contribution in [0.3, 0.4) is 0 Å². The van der Waals surface area contributed by atoms with Crippen molar-refractivity contribution in [1.82, 2.24) is 9.97 Å². The van der Waals surface area contributed by atoms with Gasteiger partial charge in [0.05, 0.1) is 23.0 Å². The third kappa shape index (κ3) is 2.84. The van der Waals surface area contributed by atoms with Crippen LogP contribution in [0, 0.1) is 10.1 Å². The van der Waals surface area contributed by atoms with Gasteiger partial charge in [-0.05, 0) is 12.1 Å². The Balaban J connectivity index is 2.27. The van der Waals surface area contributed by atoms with Crippen molar-refractivity contribution in [3.63, 3.8) is 0 Å². The molecule has 0 saturated carbocycles. The van der Waals surface area contributed by atoms with Crippen LogP contribution in [0.25, 0.3) is 0 Å². The Kier molecular flexibility index (Phi) is 3.82. The molecule has 0 fully saturated rings. The Labute approximate surface area is 113 Å². The van der Waals surface area contributed by atoms with E-state index in [2.05, 4.69) is 20.7 Å². The van der Waals surface area contributed by atoms with Crippen molar-refractivity contribution >= 4 is 23.0 Å². The Bertz CT molecular complexity index is 646.